The Morgan fingerprint density at radius 3 is 2.68 bits per heavy atom. The van der Waals surface area contributed by atoms with Crippen LogP contribution in [0.1, 0.15) is 42.2 Å². The van der Waals surface area contributed by atoms with Gasteiger partial charge in [0.05, 0.1) is 15.9 Å². The highest BCUT2D eigenvalue weighted by molar-refractivity contribution is 7.12. The lowest BCUT2D eigenvalue weighted by Crippen LogP contribution is -2.32. The molecule has 3 aromatic rings. The van der Waals surface area contributed by atoms with Crippen molar-refractivity contribution >= 4 is 39.9 Å². The number of hydrogen-bond donors (Lipinski definition) is 2. The van der Waals surface area contributed by atoms with Crippen LogP contribution in [0.5, 0.6) is 0 Å². The van der Waals surface area contributed by atoms with Gasteiger partial charge in [-0.05, 0) is 42.5 Å². The van der Waals surface area contributed by atoms with Gasteiger partial charge in [0.1, 0.15) is 5.82 Å². The van der Waals surface area contributed by atoms with Crippen LogP contribution in [-0.4, -0.2) is 27.9 Å². The minimum atomic E-state index is -0.116. The van der Waals surface area contributed by atoms with E-state index in [2.05, 4.69) is 15.6 Å². The van der Waals surface area contributed by atoms with Crippen LogP contribution >= 0.6 is 11.3 Å². The van der Waals surface area contributed by atoms with Crippen molar-refractivity contribution in [1.29, 1.82) is 0 Å². The highest BCUT2D eigenvalue weighted by Gasteiger charge is 2.14. The molecule has 0 saturated carbocycles. The fourth-order valence-corrected chi connectivity index (χ4v) is 3.87. The number of anilines is 1. The van der Waals surface area contributed by atoms with Crippen molar-refractivity contribution in [3.8, 4) is 0 Å². The molecule has 0 spiro atoms. The van der Waals surface area contributed by atoms with Gasteiger partial charge >= 0.3 is 0 Å². The molecule has 28 heavy (non-hydrogen) atoms. The van der Waals surface area contributed by atoms with E-state index in [0.29, 0.717) is 17.8 Å². The summed E-state index contributed by atoms with van der Waals surface area (Å²) in [7, 11) is 1.97. The smallest absolute Gasteiger partial charge is 0.265 e. The van der Waals surface area contributed by atoms with Crippen LogP contribution in [0, 0.1) is 5.92 Å². The Labute approximate surface area is 169 Å². The first-order valence-corrected chi connectivity index (χ1v) is 10.5. The summed E-state index contributed by atoms with van der Waals surface area (Å²) in [6, 6.07) is 9.38. The van der Waals surface area contributed by atoms with Crippen molar-refractivity contribution in [2.24, 2.45) is 13.0 Å². The molecule has 148 valence electrons. The highest BCUT2D eigenvalue weighted by atomic mass is 32.1. The summed E-state index contributed by atoms with van der Waals surface area (Å²) in [6.45, 7) is 4.64. The SMILES string of the molecule is CCC(CC)C(=O)NCCc1nc2cc(NC(=O)c3cccs3)ccc2n1C. The lowest BCUT2D eigenvalue weighted by atomic mass is 10.0. The van der Waals surface area contributed by atoms with E-state index in [0.717, 1.165) is 35.4 Å². The molecule has 0 aliphatic heterocycles. The molecule has 2 amide bonds. The molecule has 1 aromatic carbocycles. The maximum absolute atomic E-state index is 12.2. The Morgan fingerprint density at radius 1 is 1.21 bits per heavy atom. The summed E-state index contributed by atoms with van der Waals surface area (Å²) in [5.74, 6) is 0.980. The second kappa shape index (κ2) is 9.01. The number of thiophene rings is 1. The van der Waals surface area contributed by atoms with Crippen molar-refractivity contribution in [3.63, 3.8) is 0 Å². The van der Waals surface area contributed by atoms with E-state index >= 15 is 0 Å². The van der Waals surface area contributed by atoms with E-state index in [1.54, 1.807) is 6.07 Å². The largest absolute Gasteiger partial charge is 0.355 e. The normalized spacial score (nSPS) is 11.1. The zero-order chi connectivity index (χ0) is 20.1. The van der Waals surface area contributed by atoms with Crippen molar-refractivity contribution in [2.75, 3.05) is 11.9 Å². The van der Waals surface area contributed by atoms with Crippen LogP contribution in [0.4, 0.5) is 5.69 Å². The third-order valence-electron chi connectivity index (χ3n) is 4.98. The number of aryl methyl sites for hydroxylation is 1. The molecule has 0 fully saturated rings. The van der Waals surface area contributed by atoms with Crippen LogP contribution in [0.15, 0.2) is 35.7 Å². The van der Waals surface area contributed by atoms with Crippen LogP contribution in [0.2, 0.25) is 0 Å². The number of carbonyl (C=O) groups is 2. The summed E-state index contributed by atoms with van der Waals surface area (Å²) in [5, 5.41) is 7.80. The Hall–Kier alpha value is -2.67. The van der Waals surface area contributed by atoms with E-state index in [9.17, 15) is 9.59 Å². The van der Waals surface area contributed by atoms with Crippen LogP contribution < -0.4 is 10.6 Å². The Kier molecular flexibility index (Phi) is 6.46. The summed E-state index contributed by atoms with van der Waals surface area (Å²) in [4.78, 5) is 29.7. The maximum Gasteiger partial charge on any atom is 0.265 e. The molecular formula is C21H26N4O2S. The van der Waals surface area contributed by atoms with Gasteiger partial charge in [-0.25, -0.2) is 4.98 Å². The fourth-order valence-electron chi connectivity index (χ4n) is 3.25. The number of hydrogen-bond acceptors (Lipinski definition) is 4. The number of amides is 2. The Bertz CT molecular complexity index is 958. The molecule has 3 rings (SSSR count). The number of carbonyl (C=O) groups excluding carboxylic acids is 2. The van der Waals surface area contributed by atoms with Gasteiger partial charge in [0, 0.05) is 31.6 Å². The molecule has 0 bridgehead atoms. The number of benzene rings is 1. The molecule has 2 heterocycles. The monoisotopic (exact) mass is 398 g/mol. The number of fused-ring (bicyclic) bond motifs is 1. The van der Waals surface area contributed by atoms with Crippen molar-refractivity contribution in [2.45, 2.75) is 33.1 Å². The van der Waals surface area contributed by atoms with E-state index < -0.39 is 0 Å². The topological polar surface area (TPSA) is 76.0 Å². The molecule has 0 aliphatic carbocycles. The second-order valence-corrected chi connectivity index (χ2v) is 7.72. The molecule has 0 radical (unpaired) electrons. The standard InChI is InChI=1S/C21H26N4O2S/c1-4-14(5-2)20(26)22-11-10-19-24-16-13-15(8-9-17(16)25(19)3)23-21(27)18-7-6-12-28-18/h6-9,12-14H,4-5,10-11H2,1-3H3,(H,22,26)(H,23,27). The molecule has 2 N–H and O–H groups in total. The van der Waals surface area contributed by atoms with Gasteiger partial charge in [-0.3, -0.25) is 9.59 Å². The maximum atomic E-state index is 12.2. The van der Waals surface area contributed by atoms with Gasteiger partial charge in [0.15, 0.2) is 0 Å². The van der Waals surface area contributed by atoms with Crippen molar-refractivity contribution in [3.05, 3.63) is 46.4 Å². The highest BCUT2D eigenvalue weighted by Crippen LogP contribution is 2.21. The van der Waals surface area contributed by atoms with E-state index in [4.69, 9.17) is 0 Å². The molecule has 0 saturated heterocycles. The Balaban J connectivity index is 1.67. The number of nitrogens with zero attached hydrogens (tertiary/aromatic N) is 2. The molecule has 0 atom stereocenters. The average Bonchev–Trinajstić information content (AvgIpc) is 3.32. The van der Waals surface area contributed by atoms with Gasteiger partial charge in [0.25, 0.3) is 5.91 Å². The zero-order valence-corrected chi connectivity index (χ0v) is 17.3. The zero-order valence-electron chi connectivity index (χ0n) is 16.5. The van der Waals surface area contributed by atoms with Crippen LogP contribution in [0.3, 0.4) is 0 Å². The molecule has 0 unspecified atom stereocenters. The molecule has 0 aliphatic rings. The molecule has 2 aromatic heterocycles. The van der Waals surface area contributed by atoms with E-state index in [-0.39, 0.29) is 17.7 Å². The number of imidazole rings is 1. The lowest BCUT2D eigenvalue weighted by molar-refractivity contribution is -0.125. The minimum absolute atomic E-state index is 0.0787. The fraction of sp³-hybridized carbons (Fsp3) is 0.381. The molecule has 7 heteroatoms. The third-order valence-corrected chi connectivity index (χ3v) is 5.85. The third kappa shape index (κ3) is 4.42. The first-order chi connectivity index (χ1) is 13.5. The van der Waals surface area contributed by atoms with Gasteiger partial charge in [-0.15, -0.1) is 11.3 Å². The number of rotatable bonds is 8. The number of aromatic nitrogens is 2. The molecule has 6 nitrogen and oxygen atoms in total. The summed E-state index contributed by atoms with van der Waals surface area (Å²) >= 11 is 1.41. The van der Waals surface area contributed by atoms with Crippen molar-refractivity contribution < 1.29 is 9.59 Å². The van der Waals surface area contributed by atoms with Crippen LogP contribution in [-0.2, 0) is 18.3 Å². The van der Waals surface area contributed by atoms with Gasteiger partial charge < -0.3 is 15.2 Å². The average molecular weight is 399 g/mol. The summed E-state index contributed by atoms with van der Waals surface area (Å²) in [5.41, 5.74) is 2.54. The lowest BCUT2D eigenvalue weighted by Gasteiger charge is -2.12. The quantitative estimate of drug-likeness (QED) is 0.602. The second-order valence-electron chi connectivity index (χ2n) is 6.78. The van der Waals surface area contributed by atoms with Crippen LogP contribution in [0.25, 0.3) is 11.0 Å². The van der Waals surface area contributed by atoms with Gasteiger partial charge in [-0.2, -0.15) is 0 Å². The minimum Gasteiger partial charge on any atom is -0.355 e. The molecular weight excluding hydrogens is 372 g/mol. The predicted molar refractivity (Wildman–Crippen MR) is 114 cm³/mol. The summed E-state index contributed by atoms with van der Waals surface area (Å²) < 4.78 is 2.03. The summed E-state index contributed by atoms with van der Waals surface area (Å²) in [6.07, 6.45) is 2.37. The van der Waals surface area contributed by atoms with E-state index in [1.165, 1.54) is 11.3 Å². The Morgan fingerprint density at radius 2 is 2.00 bits per heavy atom. The van der Waals surface area contributed by atoms with E-state index in [1.807, 2.05) is 55.1 Å². The number of nitrogens with one attached hydrogen (secondary N) is 2. The van der Waals surface area contributed by atoms with Crippen molar-refractivity contribution in [1.82, 2.24) is 14.9 Å². The predicted octanol–water partition coefficient (Wildman–Crippen LogP) is 3.98. The first-order valence-electron chi connectivity index (χ1n) is 9.61. The van der Waals surface area contributed by atoms with Gasteiger partial charge in [-0.1, -0.05) is 19.9 Å². The first kappa shape index (κ1) is 20.1. The van der Waals surface area contributed by atoms with Gasteiger partial charge in [0.2, 0.25) is 5.91 Å².